The summed E-state index contributed by atoms with van der Waals surface area (Å²) in [4.78, 5) is 0. The average molecular weight is 306 g/mol. The van der Waals surface area contributed by atoms with E-state index < -0.39 is 5.60 Å². The lowest BCUT2D eigenvalue weighted by Crippen LogP contribution is -2.26. The first-order valence-electron chi connectivity index (χ1n) is 7.41. The van der Waals surface area contributed by atoms with E-state index in [0.29, 0.717) is 11.3 Å². The van der Waals surface area contributed by atoms with Crippen molar-refractivity contribution in [3.63, 3.8) is 0 Å². The first kappa shape index (κ1) is 14.0. The summed E-state index contributed by atoms with van der Waals surface area (Å²) < 4.78 is 18.6. The highest BCUT2D eigenvalue weighted by atomic mass is 19.1. The van der Waals surface area contributed by atoms with Crippen molar-refractivity contribution in [2.24, 2.45) is 0 Å². The Morgan fingerprint density at radius 2 is 1.57 bits per heavy atom. The molecule has 4 rings (SSSR count). The summed E-state index contributed by atoms with van der Waals surface area (Å²) in [6, 6.07) is 19.4. The fraction of sp³-hybridized carbons (Fsp3) is 0.100. The van der Waals surface area contributed by atoms with Gasteiger partial charge < -0.3 is 9.84 Å². The van der Waals surface area contributed by atoms with Gasteiger partial charge in [-0.25, -0.2) is 4.39 Å². The van der Waals surface area contributed by atoms with Crippen LogP contribution in [0.4, 0.5) is 4.39 Å². The normalized spacial score (nSPS) is 18.4. The number of methoxy groups -OCH3 is 1. The van der Waals surface area contributed by atoms with Crippen LogP contribution in [0.3, 0.4) is 0 Å². The van der Waals surface area contributed by atoms with Crippen molar-refractivity contribution in [2.45, 2.75) is 5.60 Å². The van der Waals surface area contributed by atoms with E-state index in [1.165, 1.54) is 12.1 Å². The van der Waals surface area contributed by atoms with Gasteiger partial charge >= 0.3 is 0 Å². The van der Waals surface area contributed by atoms with Gasteiger partial charge in [-0.15, -0.1) is 0 Å². The third-order valence-corrected chi connectivity index (χ3v) is 4.49. The lowest BCUT2D eigenvalue weighted by atomic mass is 9.84. The highest BCUT2D eigenvalue weighted by Crippen LogP contribution is 2.51. The molecule has 1 aliphatic rings. The molecule has 23 heavy (non-hydrogen) atoms. The van der Waals surface area contributed by atoms with E-state index in [9.17, 15) is 9.50 Å². The fourth-order valence-corrected chi connectivity index (χ4v) is 3.37. The maximum absolute atomic E-state index is 13.3. The third-order valence-electron chi connectivity index (χ3n) is 4.49. The number of hydrogen-bond donors (Lipinski definition) is 1. The molecular weight excluding hydrogens is 291 g/mol. The first-order chi connectivity index (χ1) is 11.1. The van der Waals surface area contributed by atoms with Crippen LogP contribution in [-0.2, 0) is 5.60 Å². The van der Waals surface area contributed by atoms with Crippen LogP contribution in [0.2, 0.25) is 0 Å². The van der Waals surface area contributed by atoms with Crippen molar-refractivity contribution < 1.29 is 14.2 Å². The van der Waals surface area contributed by atoms with Gasteiger partial charge in [0.1, 0.15) is 17.2 Å². The highest BCUT2D eigenvalue weighted by molar-refractivity contribution is 5.82. The predicted molar refractivity (Wildman–Crippen MR) is 86.9 cm³/mol. The van der Waals surface area contributed by atoms with Gasteiger partial charge in [0.2, 0.25) is 0 Å². The number of aliphatic hydroxyl groups is 1. The molecule has 0 saturated heterocycles. The lowest BCUT2D eigenvalue weighted by molar-refractivity contribution is 0.130. The van der Waals surface area contributed by atoms with Crippen molar-refractivity contribution in [1.82, 2.24) is 0 Å². The second-order valence-corrected chi connectivity index (χ2v) is 5.67. The van der Waals surface area contributed by atoms with Crippen molar-refractivity contribution in [2.75, 3.05) is 7.11 Å². The van der Waals surface area contributed by atoms with Crippen LogP contribution in [0.15, 0.2) is 66.7 Å². The van der Waals surface area contributed by atoms with E-state index in [0.717, 1.165) is 22.3 Å². The maximum atomic E-state index is 13.3. The van der Waals surface area contributed by atoms with E-state index in [4.69, 9.17) is 4.74 Å². The molecule has 0 radical (unpaired) electrons. The van der Waals surface area contributed by atoms with Crippen LogP contribution in [0.1, 0.15) is 16.7 Å². The minimum atomic E-state index is -1.31. The van der Waals surface area contributed by atoms with Crippen molar-refractivity contribution in [1.29, 1.82) is 0 Å². The maximum Gasteiger partial charge on any atom is 0.141 e. The van der Waals surface area contributed by atoms with Crippen molar-refractivity contribution in [3.8, 4) is 16.9 Å². The first-order valence-corrected chi connectivity index (χ1v) is 7.41. The molecule has 0 aromatic heterocycles. The van der Waals surface area contributed by atoms with Crippen LogP contribution < -0.4 is 4.74 Å². The smallest absolute Gasteiger partial charge is 0.141 e. The Kier molecular flexibility index (Phi) is 3.00. The molecular formula is C20H15FO2. The SMILES string of the molecule is COc1ccc2c(c1)C(O)(c1ccc(F)cc1)c1ccccc1-2. The molecule has 1 aliphatic carbocycles. The molecule has 1 unspecified atom stereocenters. The Labute approximate surface area is 133 Å². The molecule has 0 heterocycles. The van der Waals surface area contributed by atoms with Crippen LogP contribution >= 0.6 is 0 Å². The van der Waals surface area contributed by atoms with Crippen LogP contribution in [0.25, 0.3) is 11.1 Å². The summed E-state index contributed by atoms with van der Waals surface area (Å²) in [7, 11) is 1.60. The topological polar surface area (TPSA) is 29.5 Å². The van der Waals surface area contributed by atoms with Crippen LogP contribution in [-0.4, -0.2) is 12.2 Å². The molecule has 114 valence electrons. The van der Waals surface area contributed by atoms with E-state index in [-0.39, 0.29) is 5.82 Å². The largest absolute Gasteiger partial charge is 0.497 e. The van der Waals surface area contributed by atoms with Gasteiger partial charge in [0.05, 0.1) is 7.11 Å². The summed E-state index contributed by atoms with van der Waals surface area (Å²) in [5, 5.41) is 11.6. The van der Waals surface area contributed by atoms with Gasteiger partial charge in [0.15, 0.2) is 0 Å². The Balaban J connectivity index is 2.04. The fourth-order valence-electron chi connectivity index (χ4n) is 3.37. The van der Waals surface area contributed by atoms with Crippen molar-refractivity contribution >= 4 is 0 Å². The van der Waals surface area contributed by atoms with Crippen LogP contribution in [0, 0.1) is 5.82 Å². The molecule has 0 amide bonds. The molecule has 3 aromatic rings. The minimum absolute atomic E-state index is 0.325. The molecule has 2 nitrogen and oxygen atoms in total. The third kappa shape index (κ3) is 1.90. The predicted octanol–water partition coefficient (Wildman–Crippen LogP) is 4.10. The Hall–Kier alpha value is -2.65. The van der Waals surface area contributed by atoms with E-state index in [2.05, 4.69) is 0 Å². The Morgan fingerprint density at radius 1 is 0.870 bits per heavy atom. The van der Waals surface area contributed by atoms with Crippen LogP contribution in [0.5, 0.6) is 5.75 Å². The molecule has 0 spiro atoms. The van der Waals surface area contributed by atoms with Gasteiger partial charge in [0, 0.05) is 11.1 Å². The highest BCUT2D eigenvalue weighted by Gasteiger charge is 2.43. The molecule has 3 heteroatoms. The zero-order chi connectivity index (χ0) is 16.0. The number of benzene rings is 3. The van der Waals surface area contributed by atoms with Gasteiger partial charge in [-0.3, -0.25) is 0 Å². The molecule has 1 atom stereocenters. The number of halogens is 1. The summed E-state index contributed by atoms with van der Waals surface area (Å²) in [5.74, 6) is 0.353. The van der Waals surface area contributed by atoms with Gasteiger partial charge in [-0.2, -0.15) is 0 Å². The van der Waals surface area contributed by atoms with E-state index in [1.807, 2.05) is 42.5 Å². The summed E-state index contributed by atoms with van der Waals surface area (Å²) >= 11 is 0. The number of hydrogen-bond acceptors (Lipinski definition) is 2. The molecule has 0 aliphatic heterocycles. The van der Waals surface area contributed by atoms with Gasteiger partial charge in [0.25, 0.3) is 0 Å². The monoisotopic (exact) mass is 306 g/mol. The second-order valence-electron chi connectivity index (χ2n) is 5.67. The van der Waals surface area contributed by atoms with E-state index >= 15 is 0 Å². The standard InChI is InChI=1S/C20H15FO2/c1-23-15-10-11-17-16-4-2-3-5-18(16)20(22,19(17)12-15)13-6-8-14(21)9-7-13/h2-12,22H,1H3. The van der Waals surface area contributed by atoms with Gasteiger partial charge in [-0.05, 0) is 41.0 Å². The second kappa shape index (κ2) is 4.93. The Morgan fingerprint density at radius 3 is 2.30 bits per heavy atom. The zero-order valence-electron chi connectivity index (χ0n) is 12.6. The van der Waals surface area contributed by atoms with E-state index in [1.54, 1.807) is 19.2 Å². The summed E-state index contributed by atoms with van der Waals surface area (Å²) in [6.07, 6.45) is 0. The molecule has 3 aromatic carbocycles. The minimum Gasteiger partial charge on any atom is -0.497 e. The summed E-state index contributed by atoms with van der Waals surface area (Å²) in [6.45, 7) is 0. The number of rotatable bonds is 2. The lowest BCUT2D eigenvalue weighted by Gasteiger charge is -2.26. The quantitative estimate of drug-likeness (QED) is 0.772. The molecule has 0 bridgehead atoms. The number of fused-ring (bicyclic) bond motifs is 3. The molecule has 0 fully saturated rings. The van der Waals surface area contributed by atoms with Crippen molar-refractivity contribution in [3.05, 3.63) is 89.2 Å². The zero-order valence-corrected chi connectivity index (χ0v) is 12.6. The molecule has 0 saturated carbocycles. The summed E-state index contributed by atoms with van der Waals surface area (Å²) in [5.41, 5.74) is 2.83. The number of ether oxygens (including phenoxy) is 1. The van der Waals surface area contributed by atoms with Gasteiger partial charge in [-0.1, -0.05) is 42.5 Å². The average Bonchev–Trinajstić information content (AvgIpc) is 2.86. The molecule has 1 N–H and O–H groups in total. The Bertz CT molecular complexity index is 886.